The van der Waals surface area contributed by atoms with Crippen molar-refractivity contribution in [3.8, 4) is 0 Å². The lowest BCUT2D eigenvalue weighted by Gasteiger charge is -2.47. The van der Waals surface area contributed by atoms with E-state index in [2.05, 4.69) is 17.6 Å². The molecule has 2 nitrogen and oxygen atoms in total. The lowest BCUT2D eigenvalue weighted by atomic mass is 9.66. The van der Waals surface area contributed by atoms with E-state index in [0.717, 1.165) is 12.5 Å². The van der Waals surface area contributed by atoms with Crippen molar-refractivity contribution in [3.05, 3.63) is 0 Å². The number of hydrogen-bond donors (Lipinski definition) is 2. The first-order valence-electron chi connectivity index (χ1n) is 12.8. The summed E-state index contributed by atoms with van der Waals surface area (Å²) in [7, 11) is 0. The second-order valence-corrected chi connectivity index (χ2v) is 9.68. The molecule has 3 aliphatic carbocycles. The third kappa shape index (κ3) is 10.3. The van der Waals surface area contributed by atoms with E-state index in [1.165, 1.54) is 135 Å². The molecule has 0 saturated heterocycles. The Morgan fingerprint density at radius 3 is 1.59 bits per heavy atom. The SMILES string of the molecule is CCCCCCCCCCCCCCCNCCNC12CCC(CC1)CC2. The van der Waals surface area contributed by atoms with Crippen molar-refractivity contribution in [2.24, 2.45) is 5.92 Å². The van der Waals surface area contributed by atoms with E-state index < -0.39 is 0 Å². The minimum absolute atomic E-state index is 0.534. The van der Waals surface area contributed by atoms with Gasteiger partial charge < -0.3 is 10.6 Å². The highest BCUT2D eigenvalue weighted by Gasteiger charge is 2.39. The second-order valence-electron chi connectivity index (χ2n) is 9.68. The molecule has 27 heavy (non-hydrogen) atoms. The summed E-state index contributed by atoms with van der Waals surface area (Å²) in [6.45, 7) is 5.84. The molecule has 3 saturated carbocycles. The van der Waals surface area contributed by atoms with Gasteiger partial charge in [0.25, 0.3) is 0 Å². The predicted molar refractivity (Wildman–Crippen MR) is 120 cm³/mol. The van der Waals surface area contributed by atoms with Crippen molar-refractivity contribution in [1.29, 1.82) is 0 Å². The second kappa shape index (κ2) is 14.9. The summed E-state index contributed by atoms with van der Waals surface area (Å²) in [5.74, 6) is 1.07. The van der Waals surface area contributed by atoms with E-state index in [1.54, 1.807) is 0 Å². The normalized spacial score (nSPS) is 24.6. The molecule has 0 heterocycles. The molecule has 0 radical (unpaired) electrons. The minimum atomic E-state index is 0.534. The molecule has 2 bridgehead atoms. The zero-order valence-corrected chi connectivity index (χ0v) is 18.6. The first kappa shape index (κ1) is 23.2. The number of fused-ring (bicyclic) bond motifs is 3. The van der Waals surface area contributed by atoms with Gasteiger partial charge in [0.2, 0.25) is 0 Å². The van der Waals surface area contributed by atoms with E-state index in [-0.39, 0.29) is 0 Å². The first-order valence-corrected chi connectivity index (χ1v) is 12.8. The van der Waals surface area contributed by atoms with Gasteiger partial charge in [-0.15, -0.1) is 0 Å². The first-order chi connectivity index (χ1) is 13.3. The molecule has 0 unspecified atom stereocenters. The quantitative estimate of drug-likeness (QED) is 0.251. The van der Waals surface area contributed by atoms with Crippen LogP contribution in [-0.2, 0) is 0 Å². The monoisotopic (exact) mass is 378 g/mol. The zero-order chi connectivity index (χ0) is 19.0. The average molecular weight is 379 g/mol. The summed E-state index contributed by atoms with van der Waals surface area (Å²) in [6, 6.07) is 0. The molecule has 0 aromatic heterocycles. The van der Waals surface area contributed by atoms with Gasteiger partial charge in [-0.05, 0) is 57.4 Å². The Morgan fingerprint density at radius 1 is 0.593 bits per heavy atom. The summed E-state index contributed by atoms with van der Waals surface area (Å²) in [5, 5.41) is 7.57. The smallest absolute Gasteiger partial charge is 0.0182 e. The summed E-state index contributed by atoms with van der Waals surface area (Å²) in [6.07, 6.45) is 27.6. The average Bonchev–Trinajstić information content (AvgIpc) is 2.71. The summed E-state index contributed by atoms with van der Waals surface area (Å²) < 4.78 is 0. The number of hydrogen-bond acceptors (Lipinski definition) is 2. The Bertz CT molecular complexity index is 319. The third-order valence-electron chi connectivity index (χ3n) is 7.35. The van der Waals surface area contributed by atoms with Gasteiger partial charge in [0.05, 0.1) is 0 Å². The van der Waals surface area contributed by atoms with Crippen LogP contribution in [0.25, 0.3) is 0 Å². The maximum absolute atomic E-state index is 3.91. The Kier molecular flexibility index (Phi) is 12.8. The highest BCUT2D eigenvalue weighted by Crippen LogP contribution is 2.43. The third-order valence-corrected chi connectivity index (χ3v) is 7.35. The number of unbranched alkanes of at least 4 members (excludes halogenated alkanes) is 12. The van der Waals surface area contributed by atoms with Crippen molar-refractivity contribution in [3.63, 3.8) is 0 Å². The molecular weight excluding hydrogens is 328 g/mol. The topological polar surface area (TPSA) is 24.1 Å². The fourth-order valence-electron chi connectivity index (χ4n) is 5.32. The van der Waals surface area contributed by atoms with Crippen LogP contribution in [0, 0.1) is 5.92 Å². The molecule has 0 amide bonds. The Balaban J connectivity index is 1.25. The van der Waals surface area contributed by atoms with Crippen LogP contribution in [0.15, 0.2) is 0 Å². The van der Waals surface area contributed by atoms with Crippen LogP contribution in [0.2, 0.25) is 0 Å². The molecule has 3 rings (SSSR count). The van der Waals surface area contributed by atoms with Crippen LogP contribution in [0.1, 0.15) is 129 Å². The lowest BCUT2D eigenvalue weighted by Crippen LogP contribution is -2.53. The number of rotatable bonds is 18. The van der Waals surface area contributed by atoms with Gasteiger partial charge in [-0.1, -0.05) is 84.0 Å². The summed E-state index contributed by atoms with van der Waals surface area (Å²) >= 11 is 0. The molecule has 3 aliphatic rings. The van der Waals surface area contributed by atoms with Gasteiger partial charge in [0.1, 0.15) is 0 Å². The predicted octanol–water partition coefficient (Wildman–Crippen LogP) is 6.98. The Labute approximate surface area is 171 Å². The van der Waals surface area contributed by atoms with Crippen molar-refractivity contribution >= 4 is 0 Å². The van der Waals surface area contributed by atoms with E-state index in [1.807, 2.05) is 0 Å². The van der Waals surface area contributed by atoms with Gasteiger partial charge in [-0.3, -0.25) is 0 Å². The van der Waals surface area contributed by atoms with Gasteiger partial charge in [0.15, 0.2) is 0 Å². The van der Waals surface area contributed by atoms with Gasteiger partial charge in [-0.2, -0.15) is 0 Å². The molecular formula is C25H50N2. The van der Waals surface area contributed by atoms with Crippen LogP contribution < -0.4 is 10.6 Å². The van der Waals surface area contributed by atoms with Crippen LogP contribution in [0.4, 0.5) is 0 Å². The maximum atomic E-state index is 3.91. The Morgan fingerprint density at radius 2 is 1.07 bits per heavy atom. The van der Waals surface area contributed by atoms with E-state index in [4.69, 9.17) is 0 Å². The minimum Gasteiger partial charge on any atom is -0.315 e. The largest absolute Gasteiger partial charge is 0.315 e. The number of nitrogens with one attached hydrogen (secondary N) is 2. The van der Waals surface area contributed by atoms with Crippen molar-refractivity contribution in [1.82, 2.24) is 10.6 Å². The fourth-order valence-corrected chi connectivity index (χ4v) is 5.32. The standard InChI is InChI=1S/C25H50N2/c1-2-3-4-5-6-7-8-9-10-11-12-13-14-21-26-22-23-27-25-18-15-24(16-19-25)17-20-25/h24,26-27H,2-23H2,1H3. The molecule has 0 atom stereocenters. The van der Waals surface area contributed by atoms with Crippen LogP contribution in [0.3, 0.4) is 0 Å². The van der Waals surface area contributed by atoms with Gasteiger partial charge in [-0.25, -0.2) is 0 Å². The molecule has 2 heteroatoms. The van der Waals surface area contributed by atoms with Crippen molar-refractivity contribution in [2.75, 3.05) is 19.6 Å². The van der Waals surface area contributed by atoms with E-state index in [0.29, 0.717) is 5.54 Å². The fraction of sp³-hybridized carbons (Fsp3) is 1.00. The van der Waals surface area contributed by atoms with Crippen LogP contribution in [-0.4, -0.2) is 25.2 Å². The maximum Gasteiger partial charge on any atom is 0.0182 e. The van der Waals surface area contributed by atoms with Crippen molar-refractivity contribution < 1.29 is 0 Å². The molecule has 2 N–H and O–H groups in total. The van der Waals surface area contributed by atoms with Crippen molar-refractivity contribution in [2.45, 2.75) is 134 Å². The van der Waals surface area contributed by atoms with Gasteiger partial charge >= 0.3 is 0 Å². The molecule has 0 aromatic rings. The summed E-state index contributed by atoms with van der Waals surface area (Å²) in [5.41, 5.74) is 0.534. The van der Waals surface area contributed by atoms with Crippen LogP contribution in [0.5, 0.6) is 0 Å². The molecule has 0 aromatic carbocycles. The highest BCUT2D eigenvalue weighted by molar-refractivity contribution is 4.98. The molecule has 160 valence electrons. The Hall–Kier alpha value is -0.0800. The lowest BCUT2D eigenvalue weighted by molar-refractivity contribution is 0.106. The highest BCUT2D eigenvalue weighted by atomic mass is 15.0. The van der Waals surface area contributed by atoms with E-state index >= 15 is 0 Å². The molecule has 0 spiro atoms. The van der Waals surface area contributed by atoms with Gasteiger partial charge in [0, 0.05) is 18.6 Å². The molecule has 3 fully saturated rings. The van der Waals surface area contributed by atoms with Crippen LogP contribution >= 0.6 is 0 Å². The summed E-state index contributed by atoms with van der Waals surface area (Å²) in [4.78, 5) is 0. The zero-order valence-electron chi connectivity index (χ0n) is 18.6. The molecule has 0 aliphatic heterocycles. The van der Waals surface area contributed by atoms with E-state index in [9.17, 15) is 0 Å².